The molecule has 6 heteroatoms. The smallest absolute Gasteiger partial charge is 0.151 e. The summed E-state index contributed by atoms with van der Waals surface area (Å²) in [6.07, 6.45) is 0. The highest BCUT2D eigenvalue weighted by molar-refractivity contribution is 5.99. The molecule has 2 rings (SSSR count). The van der Waals surface area contributed by atoms with Crippen LogP contribution in [0.3, 0.4) is 0 Å². The van der Waals surface area contributed by atoms with Gasteiger partial charge in [-0.15, -0.1) is 0 Å². The lowest BCUT2D eigenvalue weighted by atomic mass is 10.1. The van der Waals surface area contributed by atoms with E-state index in [1.165, 1.54) is 12.1 Å². The van der Waals surface area contributed by atoms with Crippen LogP contribution < -0.4 is 10.2 Å². The topological polar surface area (TPSA) is 42.8 Å². The molecule has 0 atom stereocenters. The Balaban J connectivity index is 2.21. The molecule has 1 N–H and O–H groups in total. The molecule has 0 aliphatic carbocycles. The van der Waals surface area contributed by atoms with Crippen molar-refractivity contribution in [1.82, 2.24) is 0 Å². The Kier molecular flexibility index (Phi) is 5.65. The highest BCUT2D eigenvalue weighted by Crippen LogP contribution is 2.21. The van der Waals surface area contributed by atoms with Crippen molar-refractivity contribution in [2.24, 2.45) is 5.10 Å². The fourth-order valence-electron chi connectivity index (χ4n) is 2.06. The van der Waals surface area contributed by atoms with Gasteiger partial charge >= 0.3 is 0 Å². The van der Waals surface area contributed by atoms with Crippen LogP contribution in [0, 0.1) is 11.6 Å². The molecule has 0 aliphatic heterocycles. The number of nitrogens with one attached hydrogen (secondary N) is 1. The normalized spacial score (nSPS) is 11.4. The minimum absolute atomic E-state index is 0.108. The third-order valence-electron chi connectivity index (χ3n) is 3.27. The van der Waals surface area contributed by atoms with Crippen molar-refractivity contribution in [2.45, 2.75) is 13.5 Å². The third kappa shape index (κ3) is 4.26. The molecule has 2 aromatic carbocycles. The van der Waals surface area contributed by atoms with Crippen LogP contribution >= 0.6 is 0 Å². The van der Waals surface area contributed by atoms with Crippen molar-refractivity contribution < 1.29 is 18.3 Å². The standard InChI is InChI=1S/C17H18F2N2O2/c1-11(20-21-16-6-5-14(18)9-15(16)19)12-4-7-17(23-3)13(8-12)10-22-2/h4-9,21H,10H2,1-3H3/b20-11-. The molecule has 0 radical (unpaired) electrons. The lowest BCUT2D eigenvalue weighted by Gasteiger charge is -2.10. The van der Waals surface area contributed by atoms with Crippen LogP contribution in [-0.2, 0) is 11.3 Å². The van der Waals surface area contributed by atoms with Crippen molar-refractivity contribution in [3.63, 3.8) is 0 Å². The summed E-state index contributed by atoms with van der Waals surface area (Å²) in [4.78, 5) is 0. The number of methoxy groups -OCH3 is 2. The van der Waals surface area contributed by atoms with E-state index in [9.17, 15) is 8.78 Å². The number of nitrogens with zero attached hydrogens (tertiary/aromatic N) is 1. The van der Waals surface area contributed by atoms with Crippen molar-refractivity contribution in [1.29, 1.82) is 0 Å². The largest absolute Gasteiger partial charge is 0.496 e. The molecule has 0 heterocycles. The van der Waals surface area contributed by atoms with E-state index in [2.05, 4.69) is 10.5 Å². The van der Waals surface area contributed by atoms with Crippen LogP contribution in [-0.4, -0.2) is 19.9 Å². The second kappa shape index (κ2) is 7.69. The third-order valence-corrected chi connectivity index (χ3v) is 3.27. The molecular weight excluding hydrogens is 302 g/mol. The van der Waals surface area contributed by atoms with Gasteiger partial charge in [-0.3, -0.25) is 5.43 Å². The van der Waals surface area contributed by atoms with E-state index >= 15 is 0 Å². The van der Waals surface area contributed by atoms with Gasteiger partial charge < -0.3 is 9.47 Å². The van der Waals surface area contributed by atoms with Crippen LogP contribution in [0.15, 0.2) is 41.5 Å². The summed E-state index contributed by atoms with van der Waals surface area (Å²) in [5.74, 6) is -0.606. The number of benzene rings is 2. The molecule has 0 fully saturated rings. The first-order valence-electron chi connectivity index (χ1n) is 6.96. The maximum Gasteiger partial charge on any atom is 0.151 e. The first kappa shape index (κ1) is 16.9. The predicted octanol–water partition coefficient (Wildman–Crippen LogP) is 3.96. The molecule has 0 spiro atoms. The van der Waals surface area contributed by atoms with Gasteiger partial charge in [0.25, 0.3) is 0 Å². The molecule has 0 bridgehead atoms. The van der Waals surface area contributed by atoms with Crippen LogP contribution in [0.2, 0.25) is 0 Å². The summed E-state index contributed by atoms with van der Waals surface area (Å²) >= 11 is 0. The minimum atomic E-state index is -0.698. The van der Waals surface area contributed by atoms with E-state index in [-0.39, 0.29) is 5.69 Å². The molecule has 0 saturated heterocycles. The highest BCUT2D eigenvalue weighted by Gasteiger charge is 2.07. The lowest BCUT2D eigenvalue weighted by molar-refractivity contribution is 0.181. The number of anilines is 1. The Morgan fingerprint density at radius 3 is 2.57 bits per heavy atom. The molecule has 0 aromatic heterocycles. The number of hydrogen-bond acceptors (Lipinski definition) is 4. The molecule has 4 nitrogen and oxygen atoms in total. The monoisotopic (exact) mass is 320 g/mol. The van der Waals surface area contributed by atoms with Crippen molar-refractivity contribution in [2.75, 3.05) is 19.6 Å². The van der Waals surface area contributed by atoms with E-state index in [1.54, 1.807) is 21.1 Å². The minimum Gasteiger partial charge on any atom is -0.496 e. The Bertz CT molecular complexity index is 718. The summed E-state index contributed by atoms with van der Waals surface area (Å²) in [6, 6.07) is 8.83. The van der Waals surface area contributed by atoms with Gasteiger partial charge in [-0.2, -0.15) is 5.10 Å². The zero-order valence-corrected chi connectivity index (χ0v) is 13.2. The summed E-state index contributed by atoms with van der Waals surface area (Å²) in [7, 11) is 3.19. The molecule has 2 aromatic rings. The number of hydrogen-bond donors (Lipinski definition) is 1. The summed E-state index contributed by atoms with van der Waals surface area (Å²) in [6.45, 7) is 2.19. The van der Waals surface area contributed by atoms with E-state index in [0.717, 1.165) is 22.9 Å². The quantitative estimate of drug-likeness (QED) is 0.647. The Labute approximate surface area is 133 Å². The number of hydrazone groups is 1. The van der Waals surface area contributed by atoms with Gasteiger partial charge in [0.2, 0.25) is 0 Å². The fraction of sp³-hybridized carbons (Fsp3) is 0.235. The van der Waals surface area contributed by atoms with Gasteiger partial charge in [0.05, 0.1) is 25.1 Å². The van der Waals surface area contributed by atoms with Gasteiger partial charge in [-0.05, 0) is 42.8 Å². The molecule has 0 saturated carbocycles. The highest BCUT2D eigenvalue weighted by atomic mass is 19.1. The first-order chi connectivity index (χ1) is 11.0. The van der Waals surface area contributed by atoms with Gasteiger partial charge in [0.1, 0.15) is 11.6 Å². The summed E-state index contributed by atoms with van der Waals surface area (Å²) < 4.78 is 36.8. The van der Waals surface area contributed by atoms with Gasteiger partial charge in [-0.25, -0.2) is 8.78 Å². The van der Waals surface area contributed by atoms with Crippen LogP contribution in [0.4, 0.5) is 14.5 Å². The second-order valence-electron chi connectivity index (χ2n) is 4.89. The van der Waals surface area contributed by atoms with E-state index in [0.29, 0.717) is 12.3 Å². The molecule has 0 amide bonds. The second-order valence-corrected chi connectivity index (χ2v) is 4.89. The molecule has 122 valence electrons. The van der Waals surface area contributed by atoms with E-state index in [4.69, 9.17) is 9.47 Å². The fourth-order valence-corrected chi connectivity index (χ4v) is 2.06. The lowest BCUT2D eigenvalue weighted by Crippen LogP contribution is -2.03. The number of rotatable bonds is 6. The Hall–Kier alpha value is -2.47. The van der Waals surface area contributed by atoms with E-state index < -0.39 is 11.6 Å². The molecule has 23 heavy (non-hydrogen) atoms. The van der Waals surface area contributed by atoms with Crippen LogP contribution in [0.1, 0.15) is 18.1 Å². The predicted molar refractivity (Wildman–Crippen MR) is 85.9 cm³/mol. The number of halogens is 2. The van der Waals surface area contributed by atoms with Gasteiger partial charge in [-0.1, -0.05) is 0 Å². The first-order valence-corrected chi connectivity index (χ1v) is 6.96. The van der Waals surface area contributed by atoms with Gasteiger partial charge in [0, 0.05) is 18.7 Å². The maximum atomic E-state index is 13.6. The Morgan fingerprint density at radius 1 is 1.13 bits per heavy atom. The molecule has 0 unspecified atom stereocenters. The van der Waals surface area contributed by atoms with E-state index in [1.807, 2.05) is 18.2 Å². The van der Waals surface area contributed by atoms with Gasteiger partial charge in [0.15, 0.2) is 5.82 Å². The van der Waals surface area contributed by atoms with Crippen LogP contribution in [0.5, 0.6) is 5.75 Å². The summed E-state index contributed by atoms with van der Waals surface area (Å²) in [5, 5.41) is 4.13. The SMILES string of the molecule is COCc1cc(/C(C)=N\Nc2ccc(F)cc2F)ccc1OC. The van der Waals surface area contributed by atoms with Crippen LogP contribution in [0.25, 0.3) is 0 Å². The Morgan fingerprint density at radius 2 is 1.91 bits per heavy atom. The number of ether oxygens (including phenoxy) is 2. The molecule has 0 aliphatic rings. The zero-order valence-electron chi connectivity index (χ0n) is 13.2. The van der Waals surface area contributed by atoms with Crippen molar-refractivity contribution in [3.05, 3.63) is 59.2 Å². The van der Waals surface area contributed by atoms with Crippen molar-refractivity contribution >= 4 is 11.4 Å². The summed E-state index contributed by atoms with van der Waals surface area (Å²) in [5.41, 5.74) is 5.08. The zero-order chi connectivity index (χ0) is 16.8. The maximum absolute atomic E-state index is 13.6. The molecular formula is C17H18F2N2O2. The van der Waals surface area contributed by atoms with Crippen molar-refractivity contribution in [3.8, 4) is 5.75 Å². The average Bonchev–Trinajstić information content (AvgIpc) is 2.54. The average molecular weight is 320 g/mol.